The van der Waals surface area contributed by atoms with Crippen LogP contribution in [0.2, 0.25) is 0 Å². The van der Waals surface area contributed by atoms with E-state index < -0.39 is 30.3 Å². The van der Waals surface area contributed by atoms with E-state index in [9.17, 15) is 19.0 Å². The maximum absolute atomic E-state index is 13.2. The number of nitrogens with two attached hydrogens (primary N) is 1. The minimum atomic E-state index is -1.54. The first kappa shape index (κ1) is 12.7. The van der Waals surface area contributed by atoms with Gasteiger partial charge in [-0.2, -0.15) is 14.4 Å². The molecule has 0 amide bonds. The molecule has 4 N–H and O–H groups in total. The lowest BCUT2D eigenvalue weighted by Gasteiger charge is -2.15. The smallest absolute Gasteiger partial charge is 0.312 e. The molecule has 1 saturated heterocycles. The van der Waals surface area contributed by atoms with Crippen LogP contribution >= 0.6 is 0 Å². The van der Waals surface area contributed by atoms with Crippen LogP contribution in [0, 0.1) is 6.08 Å². The number of rotatable bonds is 1. The molecule has 3 atom stereocenters. The lowest BCUT2D eigenvalue weighted by Crippen LogP contribution is -2.27. The first-order valence-electron chi connectivity index (χ1n) is 5.51. The quantitative estimate of drug-likeness (QED) is 0.610. The molecule has 1 fully saturated rings. The summed E-state index contributed by atoms with van der Waals surface area (Å²) in [6.07, 6.45) is -4.06. The van der Waals surface area contributed by atoms with E-state index in [1.54, 1.807) is 0 Å². The van der Waals surface area contributed by atoms with E-state index in [-0.39, 0.29) is 23.3 Å². The van der Waals surface area contributed by atoms with E-state index in [4.69, 9.17) is 10.5 Å². The van der Waals surface area contributed by atoms with Crippen LogP contribution in [0.15, 0.2) is 18.4 Å². The third-order valence-corrected chi connectivity index (χ3v) is 2.97. The highest BCUT2D eigenvalue weighted by molar-refractivity contribution is 5.81. The normalized spacial score (nSPS) is 28.2. The van der Waals surface area contributed by atoms with Crippen molar-refractivity contribution in [1.29, 1.82) is 0 Å². The molecule has 20 heavy (non-hydrogen) atoms. The fraction of sp³-hybridized carbons (Fsp3) is 0.300. The molecule has 3 rings (SSSR count). The minimum absolute atomic E-state index is 0.0358. The molecule has 0 radical (unpaired) electrons. The summed E-state index contributed by atoms with van der Waals surface area (Å²) < 4.78 is 31.9. The molecule has 0 saturated carbocycles. The van der Waals surface area contributed by atoms with Crippen molar-refractivity contribution in [3.63, 3.8) is 0 Å². The van der Waals surface area contributed by atoms with Crippen LogP contribution in [-0.2, 0) is 4.74 Å². The Kier molecular flexibility index (Phi) is 2.76. The first-order chi connectivity index (χ1) is 9.52. The maximum atomic E-state index is 13.2. The van der Waals surface area contributed by atoms with Crippen molar-refractivity contribution >= 4 is 17.0 Å². The average molecular weight is 285 g/mol. The Bertz CT molecular complexity index is 704. The molecule has 0 unspecified atom stereocenters. The number of nitrogen functional groups attached to an aromatic ring is 1. The van der Waals surface area contributed by atoms with Gasteiger partial charge < -0.3 is 20.7 Å². The van der Waals surface area contributed by atoms with Gasteiger partial charge >= 0.3 is 6.08 Å². The summed E-state index contributed by atoms with van der Waals surface area (Å²) in [6, 6.07) is 0. The molecule has 2 aromatic heterocycles. The van der Waals surface area contributed by atoms with Crippen molar-refractivity contribution in [2.45, 2.75) is 18.4 Å². The Morgan fingerprint density at radius 2 is 2.15 bits per heavy atom. The van der Waals surface area contributed by atoms with Crippen LogP contribution in [0.4, 0.5) is 14.6 Å². The number of hydrogen-bond donors (Lipinski definition) is 3. The topological polar surface area (TPSA) is 119 Å². The molecule has 8 nitrogen and oxygen atoms in total. The maximum Gasteiger partial charge on any atom is 0.312 e. The number of anilines is 1. The Morgan fingerprint density at radius 3 is 2.80 bits per heavy atom. The van der Waals surface area contributed by atoms with E-state index in [2.05, 4.69) is 15.0 Å². The molecule has 1 aliphatic heterocycles. The minimum Gasteiger partial charge on any atom is -0.466 e. The molecule has 0 aliphatic carbocycles. The van der Waals surface area contributed by atoms with Crippen molar-refractivity contribution in [1.82, 2.24) is 19.5 Å². The summed E-state index contributed by atoms with van der Waals surface area (Å²) in [7, 11) is 0. The van der Waals surface area contributed by atoms with Gasteiger partial charge in [0.1, 0.15) is 24.9 Å². The Labute approximate surface area is 110 Å². The molecular weight excluding hydrogens is 276 g/mol. The number of aromatic nitrogens is 4. The summed E-state index contributed by atoms with van der Waals surface area (Å²) >= 11 is 0. The molecule has 0 spiro atoms. The number of nitrogens with zero attached hydrogens (tertiary/aromatic N) is 4. The molecule has 10 heteroatoms. The molecular formula is C10H9F2N5O3. The van der Waals surface area contributed by atoms with Crippen molar-refractivity contribution in [3.8, 4) is 0 Å². The molecule has 106 valence electrons. The lowest BCUT2D eigenvalue weighted by atomic mass is 10.2. The van der Waals surface area contributed by atoms with Gasteiger partial charge in [0, 0.05) is 0 Å². The lowest BCUT2D eigenvalue weighted by molar-refractivity contribution is -0.0120. The van der Waals surface area contributed by atoms with Gasteiger partial charge in [-0.3, -0.25) is 4.57 Å². The number of aliphatic hydroxyl groups excluding tert-OH is 2. The third kappa shape index (κ3) is 1.69. The van der Waals surface area contributed by atoms with Crippen LogP contribution in [-0.4, -0.2) is 41.9 Å². The number of halogens is 2. The van der Waals surface area contributed by atoms with Crippen LogP contribution in [0.3, 0.4) is 0 Å². The van der Waals surface area contributed by atoms with Crippen LogP contribution in [0.5, 0.6) is 0 Å². The van der Waals surface area contributed by atoms with Gasteiger partial charge in [-0.25, -0.2) is 9.37 Å². The van der Waals surface area contributed by atoms with Crippen LogP contribution in [0.1, 0.15) is 6.23 Å². The zero-order valence-corrected chi connectivity index (χ0v) is 9.81. The fourth-order valence-electron chi connectivity index (χ4n) is 2.01. The average Bonchev–Trinajstić information content (AvgIpc) is 2.93. The molecule has 1 aliphatic rings. The van der Waals surface area contributed by atoms with Crippen LogP contribution in [0.25, 0.3) is 11.2 Å². The van der Waals surface area contributed by atoms with Gasteiger partial charge in [0.25, 0.3) is 0 Å². The van der Waals surface area contributed by atoms with Crippen molar-refractivity contribution in [2.24, 2.45) is 0 Å². The first-order valence-corrected chi connectivity index (χ1v) is 5.51. The molecule has 3 heterocycles. The van der Waals surface area contributed by atoms with E-state index in [0.717, 1.165) is 4.57 Å². The second-order valence-electron chi connectivity index (χ2n) is 4.16. The van der Waals surface area contributed by atoms with E-state index in [1.165, 1.54) is 6.33 Å². The van der Waals surface area contributed by atoms with Gasteiger partial charge in [0.05, 0.1) is 0 Å². The number of fused-ring (bicyclic) bond motifs is 1. The summed E-state index contributed by atoms with van der Waals surface area (Å²) in [5.74, 6) is -0.618. The summed E-state index contributed by atoms with van der Waals surface area (Å²) in [5.41, 5.74) is 5.56. The van der Waals surface area contributed by atoms with Crippen molar-refractivity contribution in [3.05, 3.63) is 24.5 Å². The summed E-state index contributed by atoms with van der Waals surface area (Å²) in [5, 5.41) is 19.4. The van der Waals surface area contributed by atoms with Crippen molar-refractivity contribution in [2.75, 3.05) is 5.73 Å². The van der Waals surface area contributed by atoms with Gasteiger partial charge in [-0.15, -0.1) is 0 Å². The summed E-state index contributed by atoms with van der Waals surface area (Å²) in [4.78, 5) is 10.7. The highest BCUT2D eigenvalue weighted by Crippen LogP contribution is 2.34. The number of aliphatic hydroxyl groups is 2. The van der Waals surface area contributed by atoms with Gasteiger partial charge in [-0.05, 0) is 0 Å². The fourth-order valence-corrected chi connectivity index (χ4v) is 2.01. The van der Waals surface area contributed by atoms with Gasteiger partial charge in [0.2, 0.25) is 6.23 Å². The van der Waals surface area contributed by atoms with Gasteiger partial charge in [0.15, 0.2) is 22.7 Å². The third-order valence-electron chi connectivity index (χ3n) is 2.97. The Balaban J connectivity index is 2.12. The highest BCUT2D eigenvalue weighted by Gasteiger charge is 2.42. The van der Waals surface area contributed by atoms with E-state index >= 15 is 0 Å². The van der Waals surface area contributed by atoms with E-state index in [1.807, 2.05) is 0 Å². The molecule has 0 bridgehead atoms. The number of hydrogen-bond acceptors (Lipinski definition) is 7. The van der Waals surface area contributed by atoms with E-state index in [0.29, 0.717) is 0 Å². The predicted molar refractivity (Wildman–Crippen MR) is 61.0 cm³/mol. The Morgan fingerprint density at radius 1 is 1.40 bits per heavy atom. The Hall–Kier alpha value is -2.33. The SMILES string of the molecule is Nc1nc(F)nc2c1ncn2[C@@H]1O/C(=C/F)[C@@H](O)[C@H]1O. The second kappa shape index (κ2) is 4.35. The molecule has 0 aromatic carbocycles. The number of imidazole rings is 1. The monoisotopic (exact) mass is 285 g/mol. The predicted octanol–water partition coefficient (Wildman–Crippen LogP) is -0.391. The highest BCUT2D eigenvalue weighted by atomic mass is 19.1. The molecule has 2 aromatic rings. The summed E-state index contributed by atoms with van der Waals surface area (Å²) in [6.45, 7) is 0. The largest absolute Gasteiger partial charge is 0.466 e. The van der Waals surface area contributed by atoms with Crippen LogP contribution < -0.4 is 5.73 Å². The second-order valence-corrected chi connectivity index (χ2v) is 4.16. The zero-order chi connectivity index (χ0) is 14.4. The number of ether oxygens (including phenoxy) is 1. The standard InChI is InChI=1S/C10H9F2N5O3/c11-1-3-5(18)6(19)9(20-3)17-2-14-4-7(13)15-10(12)16-8(4)17/h1-2,5-6,9,18-19H,(H2,13,15,16)/b3-1+/t5-,6-,9-/m1/s1. The van der Waals surface area contributed by atoms with Crippen molar-refractivity contribution < 1.29 is 23.7 Å². The zero-order valence-electron chi connectivity index (χ0n) is 9.81. The van der Waals surface area contributed by atoms with Gasteiger partial charge in [-0.1, -0.05) is 0 Å².